The van der Waals surface area contributed by atoms with Gasteiger partial charge in [-0.1, -0.05) is 46.3 Å². The number of nitrogens with one attached hydrogen (secondary N) is 2. The molecule has 3 aromatic carbocycles. The zero-order chi connectivity index (χ0) is 23.6. The molecule has 3 aromatic rings. The third kappa shape index (κ3) is 7.08. The number of anilines is 2. The van der Waals surface area contributed by atoms with Crippen LogP contribution in [0.3, 0.4) is 0 Å². The second-order valence-corrected chi connectivity index (χ2v) is 8.12. The van der Waals surface area contributed by atoms with Gasteiger partial charge < -0.3 is 20.1 Å². The highest BCUT2D eigenvalue weighted by atomic mass is 79.9. The van der Waals surface area contributed by atoms with Crippen molar-refractivity contribution in [1.82, 2.24) is 0 Å². The fourth-order valence-electron chi connectivity index (χ4n) is 3.22. The third-order valence-electron chi connectivity index (χ3n) is 4.79. The van der Waals surface area contributed by atoms with Crippen LogP contribution in [0, 0.1) is 0 Å². The van der Waals surface area contributed by atoms with Crippen molar-refractivity contribution in [1.29, 1.82) is 0 Å². The molecule has 3 rings (SSSR count). The van der Waals surface area contributed by atoms with Gasteiger partial charge in [-0.05, 0) is 50.1 Å². The molecule has 0 radical (unpaired) electrons. The van der Waals surface area contributed by atoms with Crippen LogP contribution in [0.25, 0.3) is 0 Å². The van der Waals surface area contributed by atoms with Crippen LogP contribution in [-0.2, 0) is 11.2 Å². The molecule has 0 bridgehead atoms. The summed E-state index contributed by atoms with van der Waals surface area (Å²) in [6, 6.07) is 20.3. The van der Waals surface area contributed by atoms with Crippen molar-refractivity contribution in [3.63, 3.8) is 0 Å². The van der Waals surface area contributed by atoms with Gasteiger partial charge in [0.05, 0.1) is 24.6 Å². The number of hydrogen-bond acceptors (Lipinski definition) is 4. The molecule has 6 nitrogen and oxygen atoms in total. The van der Waals surface area contributed by atoms with Crippen LogP contribution in [0.4, 0.5) is 11.4 Å². The van der Waals surface area contributed by atoms with Gasteiger partial charge in [-0.25, -0.2) is 0 Å². The van der Waals surface area contributed by atoms with Crippen LogP contribution >= 0.6 is 15.9 Å². The lowest BCUT2D eigenvalue weighted by Gasteiger charge is -2.18. The van der Waals surface area contributed by atoms with Gasteiger partial charge in [0.15, 0.2) is 0 Å². The molecule has 0 aliphatic heterocycles. The molecule has 2 amide bonds. The van der Waals surface area contributed by atoms with E-state index >= 15 is 0 Å². The maximum atomic E-state index is 12.7. The summed E-state index contributed by atoms with van der Waals surface area (Å²) in [6.45, 7) is 4.52. The van der Waals surface area contributed by atoms with E-state index in [0.29, 0.717) is 54.5 Å². The normalized spacial score (nSPS) is 10.4. The molecular formula is C26H27BrN2O4. The maximum absolute atomic E-state index is 12.7. The number of carbonyl (C=O) groups is 2. The monoisotopic (exact) mass is 510 g/mol. The van der Waals surface area contributed by atoms with Crippen molar-refractivity contribution in [2.45, 2.75) is 26.7 Å². The van der Waals surface area contributed by atoms with Crippen LogP contribution in [0.2, 0.25) is 0 Å². The quantitative estimate of drug-likeness (QED) is 0.347. The Morgan fingerprint density at radius 2 is 1.39 bits per heavy atom. The largest absolute Gasteiger partial charge is 0.492 e. The molecule has 0 aliphatic carbocycles. The lowest BCUT2D eigenvalue weighted by molar-refractivity contribution is -0.116. The molecule has 33 heavy (non-hydrogen) atoms. The Balaban J connectivity index is 1.80. The summed E-state index contributed by atoms with van der Waals surface area (Å²) in [5.74, 6) is 0.504. The van der Waals surface area contributed by atoms with Gasteiger partial charge in [0.1, 0.15) is 11.5 Å². The van der Waals surface area contributed by atoms with Gasteiger partial charge in [0, 0.05) is 28.6 Å². The van der Waals surface area contributed by atoms with Gasteiger partial charge in [-0.3, -0.25) is 9.59 Å². The predicted octanol–water partition coefficient (Wildman–Crippen LogP) is 6.07. The number of ether oxygens (including phenoxy) is 2. The summed E-state index contributed by atoms with van der Waals surface area (Å²) in [4.78, 5) is 25.3. The molecule has 172 valence electrons. The minimum absolute atomic E-state index is 0.131. The van der Waals surface area contributed by atoms with Crippen molar-refractivity contribution < 1.29 is 19.1 Å². The van der Waals surface area contributed by atoms with Crippen LogP contribution in [0.15, 0.2) is 71.2 Å². The van der Waals surface area contributed by atoms with E-state index in [1.54, 1.807) is 36.4 Å². The fraction of sp³-hybridized carbons (Fsp3) is 0.231. The average molecular weight is 511 g/mol. The molecule has 0 spiro atoms. The molecular weight excluding hydrogens is 484 g/mol. The van der Waals surface area contributed by atoms with E-state index in [1.165, 1.54) is 0 Å². The minimum Gasteiger partial charge on any atom is -0.492 e. The molecule has 2 N–H and O–H groups in total. The van der Waals surface area contributed by atoms with E-state index in [2.05, 4.69) is 26.6 Å². The number of benzene rings is 3. The summed E-state index contributed by atoms with van der Waals surface area (Å²) in [6.07, 6.45) is 0.970. The van der Waals surface area contributed by atoms with Crippen LogP contribution in [0.5, 0.6) is 11.5 Å². The molecule has 0 aromatic heterocycles. The Kier molecular flexibility index (Phi) is 8.89. The van der Waals surface area contributed by atoms with Gasteiger partial charge in [0.2, 0.25) is 5.91 Å². The third-order valence-corrected chi connectivity index (χ3v) is 5.32. The van der Waals surface area contributed by atoms with Crippen LogP contribution < -0.4 is 20.1 Å². The Morgan fingerprint density at radius 1 is 0.818 bits per heavy atom. The van der Waals surface area contributed by atoms with Crippen molar-refractivity contribution in [2.75, 3.05) is 23.8 Å². The van der Waals surface area contributed by atoms with Gasteiger partial charge in [0.25, 0.3) is 5.91 Å². The Hall–Kier alpha value is -3.32. The zero-order valence-corrected chi connectivity index (χ0v) is 20.3. The van der Waals surface area contributed by atoms with Gasteiger partial charge in [-0.15, -0.1) is 0 Å². The standard InChI is InChI=1S/C26H27BrN2O4/c1-3-32-23-17-22(29-26(31)19-11-13-20(27)14-12-19)24(33-4-2)16-21(23)28-25(30)15-10-18-8-6-5-7-9-18/h5-9,11-14,16-17H,3-4,10,15H2,1-2H3,(H,28,30)(H,29,31). The highest BCUT2D eigenvalue weighted by Gasteiger charge is 2.17. The average Bonchev–Trinajstić information content (AvgIpc) is 2.81. The molecule has 0 aliphatic rings. The molecule has 0 saturated heterocycles. The van der Waals surface area contributed by atoms with Crippen LogP contribution in [0.1, 0.15) is 36.2 Å². The minimum atomic E-state index is -0.273. The van der Waals surface area contributed by atoms with Gasteiger partial charge >= 0.3 is 0 Å². The van der Waals surface area contributed by atoms with E-state index in [1.807, 2.05) is 44.2 Å². The summed E-state index contributed by atoms with van der Waals surface area (Å²) in [5.41, 5.74) is 2.58. The van der Waals surface area contributed by atoms with E-state index in [4.69, 9.17) is 9.47 Å². The number of aryl methyl sites for hydroxylation is 1. The maximum Gasteiger partial charge on any atom is 0.255 e. The number of rotatable bonds is 10. The number of carbonyl (C=O) groups excluding carboxylic acids is 2. The topological polar surface area (TPSA) is 76.7 Å². The molecule has 0 unspecified atom stereocenters. The fourth-order valence-corrected chi connectivity index (χ4v) is 3.48. The molecule has 0 heterocycles. The molecule has 0 fully saturated rings. The zero-order valence-electron chi connectivity index (χ0n) is 18.7. The van der Waals surface area contributed by atoms with E-state index in [9.17, 15) is 9.59 Å². The molecule has 7 heteroatoms. The summed E-state index contributed by atoms with van der Waals surface area (Å²) in [7, 11) is 0. The Labute approximate surface area is 202 Å². The summed E-state index contributed by atoms with van der Waals surface area (Å²) in [5, 5.41) is 5.81. The van der Waals surface area contributed by atoms with Crippen LogP contribution in [-0.4, -0.2) is 25.0 Å². The van der Waals surface area contributed by atoms with Crippen molar-refractivity contribution >= 4 is 39.1 Å². The highest BCUT2D eigenvalue weighted by molar-refractivity contribution is 9.10. The first-order valence-corrected chi connectivity index (χ1v) is 11.6. The SMILES string of the molecule is CCOc1cc(NC(=O)c2ccc(Br)cc2)c(OCC)cc1NC(=O)CCc1ccccc1. The first-order valence-electron chi connectivity index (χ1n) is 10.8. The van der Waals surface area contributed by atoms with Crippen molar-refractivity contribution in [3.05, 3.63) is 82.3 Å². The number of halogens is 1. The Bertz CT molecular complexity index is 1090. The summed E-state index contributed by atoms with van der Waals surface area (Å²) < 4.78 is 12.4. The lowest BCUT2D eigenvalue weighted by atomic mass is 10.1. The lowest BCUT2D eigenvalue weighted by Crippen LogP contribution is -2.16. The molecule has 0 saturated carbocycles. The van der Waals surface area contributed by atoms with E-state index < -0.39 is 0 Å². The highest BCUT2D eigenvalue weighted by Crippen LogP contribution is 2.37. The van der Waals surface area contributed by atoms with E-state index in [0.717, 1.165) is 10.0 Å². The number of amides is 2. The second kappa shape index (κ2) is 12.1. The molecule has 0 atom stereocenters. The number of hydrogen-bond donors (Lipinski definition) is 2. The first kappa shape index (κ1) is 24.3. The summed E-state index contributed by atoms with van der Waals surface area (Å²) >= 11 is 3.37. The van der Waals surface area contributed by atoms with E-state index in [-0.39, 0.29) is 11.8 Å². The first-order chi connectivity index (χ1) is 16.0. The van der Waals surface area contributed by atoms with Gasteiger partial charge in [-0.2, -0.15) is 0 Å². The van der Waals surface area contributed by atoms with Crippen molar-refractivity contribution in [3.8, 4) is 11.5 Å². The predicted molar refractivity (Wildman–Crippen MR) is 134 cm³/mol. The van der Waals surface area contributed by atoms with Crippen molar-refractivity contribution in [2.24, 2.45) is 0 Å². The smallest absolute Gasteiger partial charge is 0.255 e. The Morgan fingerprint density at radius 3 is 1.97 bits per heavy atom. The second-order valence-electron chi connectivity index (χ2n) is 7.21.